The average Bonchev–Trinajstić information content (AvgIpc) is 3.05. The minimum atomic E-state index is 0.0752. The Morgan fingerprint density at radius 3 is 2.47 bits per heavy atom. The van der Waals surface area contributed by atoms with Gasteiger partial charge in [-0.2, -0.15) is 0 Å². The Kier molecular flexibility index (Phi) is 6.28. The predicted octanol–water partition coefficient (Wildman–Crippen LogP) is 6.25. The minimum absolute atomic E-state index is 0.0752. The van der Waals surface area contributed by atoms with E-state index < -0.39 is 0 Å². The van der Waals surface area contributed by atoms with E-state index in [4.69, 9.17) is 9.73 Å². The number of ether oxygens (including phenoxy) is 1. The van der Waals surface area contributed by atoms with Crippen molar-refractivity contribution in [2.45, 2.75) is 52.0 Å². The normalized spacial score (nSPS) is 20.4. The molecule has 1 saturated heterocycles. The van der Waals surface area contributed by atoms with Gasteiger partial charge in [-0.25, -0.2) is 4.99 Å². The summed E-state index contributed by atoms with van der Waals surface area (Å²) in [5.41, 5.74) is 4.15. The van der Waals surface area contributed by atoms with E-state index in [0.29, 0.717) is 0 Å². The second kappa shape index (κ2) is 9.09. The molecule has 0 N–H and O–H groups in total. The van der Waals surface area contributed by atoms with Crippen LogP contribution < -0.4 is 4.74 Å². The Hall–Kier alpha value is -2.53. The molecule has 4 rings (SSSR count). The molecule has 2 aromatic rings. The molecule has 2 aliphatic rings. The van der Waals surface area contributed by atoms with Crippen molar-refractivity contribution in [3.63, 3.8) is 0 Å². The van der Waals surface area contributed by atoms with Crippen LogP contribution in [0, 0.1) is 13.8 Å². The van der Waals surface area contributed by atoms with Crippen LogP contribution in [0.3, 0.4) is 0 Å². The summed E-state index contributed by atoms with van der Waals surface area (Å²) in [6, 6.07) is 14.4. The summed E-state index contributed by atoms with van der Waals surface area (Å²) in [6.45, 7) is 4.08. The maximum Gasteiger partial charge on any atom is 0.267 e. The number of nitrogens with zero attached hydrogens (tertiary/aromatic N) is 2. The Morgan fingerprint density at radius 1 is 1.07 bits per heavy atom. The van der Waals surface area contributed by atoms with Gasteiger partial charge >= 0.3 is 0 Å². The summed E-state index contributed by atoms with van der Waals surface area (Å²) >= 11 is 1.49. The summed E-state index contributed by atoms with van der Waals surface area (Å²) in [4.78, 5) is 21.0. The first-order valence-corrected chi connectivity index (χ1v) is 11.4. The predicted molar refractivity (Wildman–Crippen MR) is 125 cm³/mol. The van der Waals surface area contributed by atoms with Crippen molar-refractivity contribution in [2.24, 2.45) is 4.99 Å². The summed E-state index contributed by atoms with van der Waals surface area (Å²) in [6.07, 6.45) is 7.68. The molecule has 2 aromatic carbocycles. The number of carbonyl (C=O) groups is 1. The van der Waals surface area contributed by atoms with E-state index in [-0.39, 0.29) is 11.9 Å². The van der Waals surface area contributed by atoms with Crippen molar-refractivity contribution in [1.82, 2.24) is 4.90 Å². The van der Waals surface area contributed by atoms with E-state index >= 15 is 0 Å². The first kappa shape index (κ1) is 20.7. The summed E-state index contributed by atoms with van der Waals surface area (Å²) in [5, 5.41) is 0.798. The summed E-state index contributed by atoms with van der Waals surface area (Å²) in [5.74, 6) is 0.930. The molecule has 2 fully saturated rings. The highest BCUT2D eigenvalue weighted by molar-refractivity contribution is 8.18. The molecule has 30 heavy (non-hydrogen) atoms. The number of aryl methyl sites for hydroxylation is 2. The molecule has 4 nitrogen and oxygen atoms in total. The van der Waals surface area contributed by atoms with E-state index in [1.54, 1.807) is 7.11 Å². The Labute approximate surface area is 183 Å². The third kappa shape index (κ3) is 4.46. The van der Waals surface area contributed by atoms with Gasteiger partial charge in [0.1, 0.15) is 5.75 Å². The minimum Gasteiger partial charge on any atom is -0.496 e. The van der Waals surface area contributed by atoms with Gasteiger partial charge in [-0.15, -0.1) is 0 Å². The Bertz CT molecular complexity index is 989. The number of thioether (sulfide) groups is 1. The van der Waals surface area contributed by atoms with Gasteiger partial charge in [0, 0.05) is 6.04 Å². The van der Waals surface area contributed by atoms with Gasteiger partial charge in [-0.3, -0.25) is 9.69 Å². The molecule has 1 aliphatic heterocycles. The highest BCUT2D eigenvalue weighted by Crippen LogP contribution is 2.38. The van der Waals surface area contributed by atoms with Crippen molar-refractivity contribution in [1.29, 1.82) is 0 Å². The van der Waals surface area contributed by atoms with E-state index in [9.17, 15) is 4.79 Å². The Morgan fingerprint density at radius 2 is 1.80 bits per heavy atom. The van der Waals surface area contributed by atoms with Crippen LogP contribution in [-0.2, 0) is 4.79 Å². The van der Waals surface area contributed by atoms with Crippen LogP contribution in [0.2, 0.25) is 0 Å². The number of rotatable bonds is 4. The largest absolute Gasteiger partial charge is 0.496 e. The molecule has 0 bridgehead atoms. The van der Waals surface area contributed by atoms with Gasteiger partial charge in [-0.05, 0) is 79.9 Å². The van der Waals surface area contributed by atoms with Gasteiger partial charge in [0.05, 0.1) is 17.7 Å². The molecule has 1 heterocycles. The van der Waals surface area contributed by atoms with Crippen LogP contribution in [0.25, 0.3) is 6.08 Å². The van der Waals surface area contributed by atoms with Crippen molar-refractivity contribution in [2.75, 3.05) is 7.11 Å². The van der Waals surface area contributed by atoms with Crippen LogP contribution in [0.15, 0.2) is 52.4 Å². The average molecular weight is 421 g/mol. The lowest BCUT2D eigenvalue weighted by Crippen LogP contribution is -2.40. The van der Waals surface area contributed by atoms with Crippen LogP contribution in [0.5, 0.6) is 5.75 Å². The number of benzene rings is 2. The van der Waals surface area contributed by atoms with E-state index in [1.165, 1.54) is 36.6 Å². The number of aliphatic imine (C=N–C) groups is 1. The highest BCUT2D eigenvalue weighted by Gasteiger charge is 2.38. The topological polar surface area (TPSA) is 41.9 Å². The number of carbonyl (C=O) groups excluding carboxylic acids is 1. The quantitative estimate of drug-likeness (QED) is 0.549. The van der Waals surface area contributed by atoms with E-state index in [2.05, 4.69) is 25.1 Å². The zero-order valence-corrected chi connectivity index (χ0v) is 18.7. The fourth-order valence-corrected chi connectivity index (χ4v) is 5.16. The van der Waals surface area contributed by atoms with Gasteiger partial charge < -0.3 is 4.74 Å². The Balaban J connectivity index is 1.68. The van der Waals surface area contributed by atoms with E-state index in [1.807, 2.05) is 42.2 Å². The van der Waals surface area contributed by atoms with Crippen molar-refractivity contribution < 1.29 is 9.53 Å². The van der Waals surface area contributed by atoms with Gasteiger partial charge in [0.25, 0.3) is 5.91 Å². The summed E-state index contributed by atoms with van der Waals surface area (Å²) < 4.78 is 5.36. The molecule has 0 radical (unpaired) electrons. The lowest BCUT2D eigenvalue weighted by atomic mass is 9.94. The zero-order chi connectivity index (χ0) is 21.1. The van der Waals surface area contributed by atoms with Crippen LogP contribution in [0.1, 0.15) is 48.8 Å². The first-order chi connectivity index (χ1) is 14.5. The van der Waals surface area contributed by atoms with Crippen molar-refractivity contribution in [3.05, 3.63) is 64.1 Å². The number of amides is 1. The van der Waals surface area contributed by atoms with Crippen molar-refractivity contribution >= 4 is 34.6 Å². The fourth-order valence-electron chi connectivity index (χ4n) is 4.10. The molecule has 1 amide bonds. The lowest BCUT2D eigenvalue weighted by molar-refractivity contribution is -0.124. The molecule has 5 heteroatoms. The monoisotopic (exact) mass is 420 g/mol. The smallest absolute Gasteiger partial charge is 0.267 e. The molecule has 1 saturated carbocycles. The third-order valence-corrected chi connectivity index (χ3v) is 6.74. The zero-order valence-electron chi connectivity index (χ0n) is 17.9. The second-order valence-corrected chi connectivity index (χ2v) is 9.05. The van der Waals surface area contributed by atoms with Gasteiger partial charge in [0.15, 0.2) is 5.17 Å². The second-order valence-electron chi connectivity index (χ2n) is 8.04. The van der Waals surface area contributed by atoms with Crippen molar-refractivity contribution in [3.8, 4) is 5.75 Å². The van der Waals surface area contributed by atoms with Gasteiger partial charge in [0.2, 0.25) is 0 Å². The number of hydrogen-bond acceptors (Lipinski definition) is 4. The fraction of sp³-hybridized carbons (Fsp3) is 0.360. The SMILES string of the molecule is COc1ccc(/C=C2/SC(=Nc3ccc(C)cc3)N(C3CCCCC3)C2=O)cc1C. The summed E-state index contributed by atoms with van der Waals surface area (Å²) in [7, 11) is 1.67. The molecule has 0 unspecified atom stereocenters. The highest BCUT2D eigenvalue weighted by atomic mass is 32.2. The maximum absolute atomic E-state index is 13.4. The first-order valence-electron chi connectivity index (χ1n) is 10.6. The van der Waals surface area contributed by atoms with Crippen LogP contribution in [0.4, 0.5) is 5.69 Å². The molecular formula is C25H28N2O2S. The molecule has 156 valence electrons. The van der Waals surface area contributed by atoms with Gasteiger partial charge in [-0.1, -0.05) is 43.0 Å². The van der Waals surface area contributed by atoms with E-state index in [0.717, 1.165) is 45.5 Å². The van der Waals surface area contributed by atoms with Crippen LogP contribution >= 0.6 is 11.8 Å². The molecular weight excluding hydrogens is 392 g/mol. The molecule has 0 atom stereocenters. The number of methoxy groups -OCH3 is 1. The van der Waals surface area contributed by atoms with Crippen LogP contribution in [-0.4, -0.2) is 29.1 Å². The molecule has 0 aromatic heterocycles. The number of amidine groups is 1. The third-order valence-electron chi connectivity index (χ3n) is 5.75. The molecule has 1 aliphatic carbocycles. The maximum atomic E-state index is 13.4. The lowest BCUT2D eigenvalue weighted by Gasteiger charge is -2.30. The number of hydrogen-bond donors (Lipinski definition) is 0. The standard InChI is InChI=1S/C25H28N2O2S/c1-17-9-12-20(13-10-17)26-25-27(21-7-5-4-6-8-21)24(28)23(30-25)16-19-11-14-22(29-3)18(2)15-19/h9-16,21H,4-8H2,1-3H3/b23-16+,26-25?. The molecule has 0 spiro atoms.